The molecule has 0 N–H and O–H groups in total. The molecule has 0 fully saturated rings. The van der Waals surface area contributed by atoms with E-state index in [4.69, 9.17) is 13.9 Å². The molecule has 0 radical (unpaired) electrons. The van der Waals surface area contributed by atoms with Gasteiger partial charge in [0.05, 0.1) is 17.5 Å². The minimum atomic E-state index is -0.680. The van der Waals surface area contributed by atoms with Crippen LogP contribution in [0.4, 0.5) is 8.78 Å². The second-order valence-corrected chi connectivity index (χ2v) is 6.42. The van der Waals surface area contributed by atoms with Crippen LogP contribution >= 0.6 is 15.9 Å². The lowest BCUT2D eigenvalue weighted by Crippen LogP contribution is -2.09. The Labute approximate surface area is 156 Å². The molecule has 0 saturated carbocycles. The Morgan fingerprint density at radius 1 is 1.19 bits per heavy atom. The van der Waals surface area contributed by atoms with E-state index in [1.807, 2.05) is 0 Å². The molecule has 0 aliphatic rings. The molecule has 2 aromatic carbocycles. The summed E-state index contributed by atoms with van der Waals surface area (Å²) >= 11 is 3.33. The first-order valence-corrected chi connectivity index (χ1v) is 8.70. The predicted octanol–water partition coefficient (Wildman–Crippen LogP) is 5.16. The van der Waals surface area contributed by atoms with Gasteiger partial charge in [0.2, 0.25) is 0 Å². The average molecular weight is 425 g/mol. The molecule has 136 valence electrons. The first-order valence-electron chi connectivity index (χ1n) is 7.90. The Morgan fingerprint density at radius 3 is 2.77 bits per heavy atom. The fourth-order valence-corrected chi connectivity index (χ4v) is 3.16. The Bertz CT molecular complexity index is 952. The van der Waals surface area contributed by atoms with E-state index >= 15 is 0 Å². The number of hydrogen-bond acceptors (Lipinski definition) is 4. The first kappa shape index (κ1) is 18.4. The number of carbonyl (C=O) groups excluding carboxylic acids is 1. The fourth-order valence-electron chi connectivity index (χ4n) is 2.56. The molecule has 4 nitrogen and oxygen atoms in total. The molecular weight excluding hydrogens is 410 g/mol. The summed E-state index contributed by atoms with van der Waals surface area (Å²) in [5.41, 5.74) is 1.66. The normalized spacial score (nSPS) is 10.9. The molecule has 7 heteroatoms. The van der Waals surface area contributed by atoms with Gasteiger partial charge in [0, 0.05) is 23.1 Å². The summed E-state index contributed by atoms with van der Waals surface area (Å²) in [6.07, 6.45) is -0.0148. The van der Waals surface area contributed by atoms with Crippen molar-refractivity contribution < 1.29 is 27.5 Å². The Morgan fingerprint density at radius 2 is 2.00 bits per heavy atom. The van der Waals surface area contributed by atoms with Gasteiger partial charge in [0.15, 0.2) is 5.58 Å². The van der Waals surface area contributed by atoms with Gasteiger partial charge in [0.1, 0.15) is 18.2 Å². The molecule has 0 amide bonds. The van der Waals surface area contributed by atoms with E-state index in [2.05, 4.69) is 15.9 Å². The summed E-state index contributed by atoms with van der Waals surface area (Å²) in [5.74, 6) is -0.629. The predicted molar refractivity (Wildman–Crippen MR) is 94.9 cm³/mol. The molecule has 0 bridgehead atoms. The molecular formula is C19H15BrF2O4. The van der Waals surface area contributed by atoms with Crippen LogP contribution in [0.25, 0.3) is 11.0 Å². The topological polar surface area (TPSA) is 48.7 Å². The minimum Gasteiger partial charge on any atom is -0.488 e. The van der Waals surface area contributed by atoms with Crippen LogP contribution in [0.5, 0.6) is 5.75 Å². The van der Waals surface area contributed by atoms with Gasteiger partial charge < -0.3 is 13.9 Å². The Kier molecular flexibility index (Phi) is 5.56. The summed E-state index contributed by atoms with van der Waals surface area (Å²) in [6, 6.07) is 8.02. The van der Waals surface area contributed by atoms with E-state index in [0.29, 0.717) is 21.0 Å². The highest BCUT2D eigenvalue weighted by atomic mass is 79.9. The number of carbonyl (C=O) groups is 1. The van der Waals surface area contributed by atoms with Crippen LogP contribution in [-0.2, 0) is 22.6 Å². The highest BCUT2D eigenvalue weighted by Gasteiger charge is 2.13. The molecule has 0 aliphatic heterocycles. The second kappa shape index (κ2) is 7.86. The SMILES string of the molecule is CCOC(=O)Cc1ccc(F)cc1OCc1cc(Br)c2oc(F)cc2c1. The monoisotopic (exact) mass is 424 g/mol. The highest BCUT2D eigenvalue weighted by molar-refractivity contribution is 9.10. The molecule has 3 aromatic rings. The Hall–Kier alpha value is -2.41. The van der Waals surface area contributed by atoms with Gasteiger partial charge in [-0.15, -0.1) is 0 Å². The van der Waals surface area contributed by atoms with E-state index in [0.717, 1.165) is 5.56 Å². The third-order valence-corrected chi connectivity index (χ3v) is 4.25. The van der Waals surface area contributed by atoms with Crippen molar-refractivity contribution in [3.8, 4) is 5.75 Å². The zero-order valence-electron chi connectivity index (χ0n) is 13.9. The van der Waals surface area contributed by atoms with Gasteiger partial charge in [-0.25, -0.2) is 4.39 Å². The molecule has 1 aromatic heterocycles. The average Bonchev–Trinajstić information content (AvgIpc) is 2.96. The van der Waals surface area contributed by atoms with Gasteiger partial charge in [-0.3, -0.25) is 4.79 Å². The van der Waals surface area contributed by atoms with Crippen molar-refractivity contribution >= 4 is 32.9 Å². The smallest absolute Gasteiger partial charge is 0.310 e. The van der Waals surface area contributed by atoms with E-state index in [9.17, 15) is 13.6 Å². The largest absolute Gasteiger partial charge is 0.488 e. The molecule has 3 rings (SSSR count). The van der Waals surface area contributed by atoms with Gasteiger partial charge in [-0.2, -0.15) is 4.39 Å². The zero-order chi connectivity index (χ0) is 18.7. The van der Waals surface area contributed by atoms with E-state index in [1.54, 1.807) is 19.1 Å². The molecule has 0 atom stereocenters. The molecule has 0 spiro atoms. The number of furan rings is 1. The van der Waals surface area contributed by atoms with Crippen molar-refractivity contribution in [3.05, 3.63) is 63.8 Å². The first-order chi connectivity index (χ1) is 12.5. The van der Waals surface area contributed by atoms with Crippen molar-refractivity contribution in [2.75, 3.05) is 6.61 Å². The number of halogens is 3. The Balaban J connectivity index is 1.80. The number of rotatable bonds is 6. The maximum atomic E-state index is 13.6. The van der Waals surface area contributed by atoms with Gasteiger partial charge in [0.25, 0.3) is 6.01 Å². The van der Waals surface area contributed by atoms with Crippen molar-refractivity contribution in [3.63, 3.8) is 0 Å². The number of benzene rings is 2. The standard InChI is InChI=1S/C19H15BrF2O4/c1-2-24-18(23)8-12-3-4-14(21)9-16(12)25-10-11-5-13-7-17(22)26-19(13)15(20)6-11/h3-7,9H,2,8,10H2,1H3. The zero-order valence-corrected chi connectivity index (χ0v) is 15.4. The summed E-state index contributed by atoms with van der Waals surface area (Å²) in [6.45, 7) is 2.10. The van der Waals surface area contributed by atoms with Crippen LogP contribution in [0.15, 0.2) is 45.3 Å². The third-order valence-electron chi connectivity index (χ3n) is 3.66. The number of fused-ring (bicyclic) bond motifs is 1. The van der Waals surface area contributed by atoms with Crippen molar-refractivity contribution in [2.45, 2.75) is 20.0 Å². The van der Waals surface area contributed by atoms with Crippen LogP contribution < -0.4 is 4.74 Å². The quantitative estimate of drug-likeness (QED) is 0.512. The van der Waals surface area contributed by atoms with Crippen molar-refractivity contribution in [2.24, 2.45) is 0 Å². The molecule has 0 unspecified atom stereocenters. The maximum absolute atomic E-state index is 13.6. The number of hydrogen-bond donors (Lipinski definition) is 0. The van der Waals surface area contributed by atoms with Gasteiger partial charge in [-0.1, -0.05) is 6.07 Å². The molecule has 0 aliphatic carbocycles. The summed E-state index contributed by atoms with van der Waals surface area (Å²) in [4.78, 5) is 11.7. The lowest BCUT2D eigenvalue weighted by molar-refractivity contribution is -0.142. The van der Waals surface area contributed by atoms with Crippen LogP contribution in [0, 0.1) is 11.8 Å². The molecule has 1 heterocycles. The number of ether oxygens (including phenoxy) is 2. The van der Waals surface area contributed by atoms with E-state index < -0.39 is 17.8 Å². The molecule has 0 saturated heterocycles. The van der Waals surface area contributed by atoms with Crippen LogP contribution in [0.1, 0.15) is 18.1 Å². The van der Waals surface area contributed by atoms with Crippen molar-refractivity contribution in [1.29, 1.82) is 0 Å². The van der Waals surface area contributed by atoms with Gasteiger partial charge >= 0.3 is 5.97 Å². The summed E-state index contributed by atoms with van der Waals surface area (Å²) < 4.78 is 43.0. The maximum Gasteiger partial charge on any atom is 0.310 e. The van der Waals surface area contributed by atoms with Crippen LogP contribution in [-0.4, -0.2) is 12.6 Å². The lowest BCUT2D eigenvalue weighted by Gasteiger charge is -2.12. The lowest BCUT2D eigenvalue weighted by atomic mass is 10.1. The minimum absolute atomic E-state index is 0.0148. The highest BCUT2D eigenvalue weighted by Crippen LogP contribution is 2.29. The van der Waals surface area contributed by atoms with E-state index in [-0.39, 0.29) is 25.4 Å². The summed E-state index contributed by atoms with van der Waals surface area (Å²) in [7, 11) is 0. The fraction of sp³-hybridized carbons (Fsp3) is 0.211. The second-order valence-electron chi connectivity index (χ2n) is 5.57. The van der Waals surface area contributed by atoms with Crippen LogP contribution in [0.2, 0.25) is 0 Å². The third kappa shape index (κ3) is 4.22. The van der Waals surface area contributed by atoms with Crippen LogP contribution in [0.3, 0.4) is 0 Å². The van der Waals surface area contributed by atoms with E-state index in [1.165, 1.54) is 24.3 Å². The van der Waals surface area contributed by atoms with Gasteiger partial charge in [-0.05, 0) is 46.6 Å². The number of esters is 1. The van der Waals surface area contributed by atoms with Crippen molar-refractivity contribution in [1.82, 2.24) is 0 Å². The molecule has 26 heavy (non-hydrogen) atoms. The summed E-state index contributed by atoms with van der Waals surface area (Å²) in [5, 5.41) is 0.585.